The van der Waals surface area contributed by atoms with Crippen molar-refractivity contribution < 1.29 is 17.9 Å². The zero-order chi connectivity index (χ0) is 24.6. The summed E-state index contributed by atoms with van der Waals surface area (Å²) in [6.45, 7) is 1.88. The largest absolute Gasteiger partial charge is 0.495 e. The van der Waals surface area contributed by atoms with E-state index in [2.05, 4.69) is 5.32 Å². The maximum atomic E-state index is 13.2. The number of benzene rings is 3. The lowest BCUT2D eigenvalue weighted by Crippen LogP contribution is -2.26. The summed E-state index contributed by atoms with van der Waals surface area (Å²) in [4.78, 5) is 13.4. The molecule has 0 spiro atoms. The molecule has 176 valence electrons. The van der Waals surface area contributed by atoms with E-state index < -0.39 is 10.0 Å². The Morgan fingerprint density at radius 2 is 1.79 bits per heavy atom. The van der Waals surface area contributed by atoms with Gasteiger partial charge in [-0.25, -0.2) is 8.42 Å². The number of carbonyl (C=O) groups is 1. The number of halogens is 2. The maximum Gasteiger partial charge on any atom is 0.265 e. The number of aryl methyl sites for hydroxylation is 1. The minimum absolute atomic E-state index is 0.0446. The Bertz CT molecular complexity index is 1520. The minimum atomic E-state index is -3.86. The summed E-state index contributed by atoms with van der Waals surface area (Å²) >= 11 is 13.5. The normalized spacial score (nSPS) is 11.4. The summed E-state index contributed by atoms with van der Waals surface area (Å²) in [6.07, 6.45) is 0. The molecule has 0 radical (unpaired) electrons. The zero-order valence-electron chi connectivity index (χ0n) is 18.4. The number of rotatable bonds is 6. The average molecular weight is 535 g/mol. The monoisotopic (exact) mass is 534 g/mol. The van der Waals surface area contributed by atoms with Crippen molar-refractivity contribution in [2.45, 2.75) is 11.8 Å². The second-order valence-corrected chi connectivity index (χ2v) is 11.4. The molecule has 10 heteroatoms. The SMILES string of the molecule is COc1ccc(S(=O)(=O)N(C)c2ccc3sc(C(=O)Nc4cc(Cl)ccc4C)cc3c2)cc1Cl. The second kappa shape index (κ2) is 9.46. The first kappa shape index (κ1) is 24.3. The highest BCUT2D eigenvalue weighted by atomic mass is 35.5. The van der Waals surface area contributed by atoms with Crippen LogP contribution in [0.1, 0.15) is 15.2 Å². The summed E-state index contributed by atoms with van der Waals surface area (Å²) in [7, 11) is -0.933. The third-order valence-corrected chi connectivity index (χ3v) is 8.74. The van der Waals surface area contributed by atoms with E-state index in [1.54, 1.807) is 36.4 Å². The van der Waals surface area contributed by atoms with Crippen molar-refractivity contribution in [3.8, 4) is 5.75 Å². The number of nitrogens with zero attached hydrogens (tertiary/aromatic N) is 1. The lowest BCUT2D eigenvalue weighted by molar-refractivity contribution is 0.103. The van der Waals surface area contributed by atoms with Crippen LogP contribution >= 0.6 is 34.5 Å². The van der Waals surface area contributed by atoms with Crippen LogP contribution in [0.5, 0.6) is 5.75 Å². The molecule has 0 saturated carbocycles. The summed E-state index contributed by atoms with van der Waals surface area (Å²) in [5.41, 5.74) is 1.99. The fourth-order valence-corrected chi connectivity index (χ4v) is 6.00. The molecule has 4 rings (SSSR count). The highest BCUT2D eigenvalue weighted by Gasteiger charge is 2.23. The lowest BCUT2D eigenvalue weighted by atomic mass is 10.2. The van der Waals surface area contributed by atoms with Crippen molar-refractivity contribution in [1.29, 1.82) is 0 Å². The number of hydrogen-bond donors (Lipinski definition) is 1. The first-order valence-electron chi connectivity index (χ1n) is 10.0. The van der Waals surface area contributed by atoms with Crippen molar-refractivity contribution in [2.24, 2.45) is 0 Å². The van der Waals surface area contributed by atoms with Crippen molar-refractivity contribution >= 4 is 71.9 Å². The van der Waals surface area contributed by atoms with Gasteiger partial charge in [0.25, 0.3) is 15.9 Å². The topological polar surface area (TPSA) is 75.7 Å². The molecule has 1 heterocycles. The summed E-state index contributed by atoms with van der Waals surface area (Å²) in [6, 6.07) is 16.6. The maximum absolute atomic E-state index is 13.2. The van der Waals surface area contributed by atoms with Gasteiger partial charge in [0.05, 0.1) is 27.6 Å². The van der Waals surface area contributed by atoms with Gasteiger partial charge in [-0.1, -0.05) is 29.3 Å². The average Bonchev–Trinajstić information content (AvgIpc) is 3.24. The van der Waals surface area contributed by atoms with E-state index in [1.807, 2.05) is 13.0 Å². The number of methoxy groups -OCH3 is 1. The van der Waals surface area contributed by atoms with Gasteiger partial charge in [0.1, 0.15) is 5.75 Å². The van der Waals surface area contributed by atoms with Crippen LogP contribution in [0.25, 0.3) is 10.1 Å². The quantitative estimate of drug-likeness (QED) is 0.302. The van der Waals surface area contributed by atoms with E-state index in [0.29, 0.717) is 27.0 Å². The van der Waals surface area contributed by atoms with Crippen molar-refractivity contribution in [2.75, 3.05) is 23.8 Å². The molecule has 0 aliphatic rings. The van der Waals surface area contributed by atoms with Crippen LogP contribution in [-0.2, 0) is 10.0 Å². The minimum Gasteiger partial charge on any atom is -0.495 e. The van der Waals surface area contributed by atoms with Crippen molar-refractivity contribution in [3.63, 3.8) is 0 Å². The molecule has 34 heavy (non-hydrogen) atoms. The standard InChI is InChI=1S/C24H20Cl2N2O4S2/c1-14-4-5-16(25)12-20(14)27-24(29)23-11-15-10-17(6-9-22(15)33-23)28(2)34(30,31)18-7-8-21(32-3)19(26)13-18/h4-13H,1-3H3,(H,27,29). The molecule has 0 fully saturated rings. The van der Waals surface area contributed by atoms with Crippen LogP contribution in [0.2, 0.25) is 10.0 Å². The van der Waals surface area contributed by atoms with Crippen LogP contribution < -0.4 is 14.4 Å². The molecule has 0 saturated heterocycles. The molecule has 1 N–H and O–H groups in total. The Labute approximate surface area is 211 Å². The number of thiophene rings is 1. The zero-order valence-corrected chi connectivity index (χ0v) is 21.6. The number of sulfonamides is 1. The summed E-state index contributed by atoms with van der Waals surface area (Å²) < 4.78 is 33.4. The lowest BCUT2D eigenvalue weighted by Gasteiger charge is -2.20. The molecule has 0 aliphatic heterocycles. The Morgan fingerprint density at radius 1 is 1.03 bits per heavy atom. The number of carbonyl (C=O) groups excluding carboxylic acids is 1. The van der Waals surface area contributed by atoms with Gasteiger partial charge >= 0.3 is 0 Å². The molecule has 0 atom stereocenters. The van der Waals surface area contributed by atoms with Gasteiger partial charge in [0.15, 0.2) is 0 Å². The van der Waals surface area contributed by atoms with E-state index >= 15 is 0 Å². The number of nitrogens with one attached hydrogen (secondary N) is 1. The Hall–Kier alpha value is -2.78. The number of hydrogen-bond acceptors (Lipinski definition) is 5. The Kier molecular flexibility index (Phi) is 6.78. The fourth-order valence-electron chi connectivity index (χ4n) is 3.36. The Balaban J connectivity index is 1.62. The predicted molar refractivity (Wildman–Crippen MR) is 140 cm³/mol. The van der Waals surface area contributed by atoms with Crippen LogP contribution in [0, 0.1) is 6.92 Å². The summed E-state index contributed by atoms with van der Waals surface area (Å²) in [5.74, 6) is 0.128. The molecule has 6 nitrogen and oxygen atoms in total. The van der Waals surface area contributed by atoms with E-state index in [9.17, 15) is 13.2 Å². The second-order valence-electron chi connectivity index (χ2n) is 7.52. The Morgan fingerprint density at radius 3 is 2.50 bits per heavy atom. The van der Waals surface area contributed by atoms with Gasteiger partial charge in [-0.05, 0) is 72.5 Å². The van der Waals surface area contributed by atoms with Crippen LogP contribution in [0.4, 0.5) is 11.4 Å². The third kappa shape index (κ3) is 4.72. The van der Waals surface area contributed by atoms with Gasteiger partial charge in [0, 0.05) is 22.5 Å². The van der Waals surface area contributed by atoms with E-state index in [-0.39, 0.29) is 15.8 Å². The smallest absolute Gasteiger partial charge is 0.265 e. The molecule has 3 aromatic carbocycles. The van der Waals surface area contributed by atoms with Crippen LogP contribution in [-0.4, -0.2) is 28.5 Å². The van der Waals surface area contributed by atoms with Gasteiger partial charge in [-0.15, -0.1) is 11.3 Å². The number of anilines is 2. The molecular weight excluding hydrogens is 515 g/mol. The van der Waals surface area contributed by atoms with E-state index in [4.69, 9.17) is 27.9 Å². The fraction of sp³-hybridized carbons (Fsp3) is 0.125. The van der Waals surface area contributed by atoms with Gasteiger partial charge in [0.2, 0.25) is 0 Å². The molecule has 4 aromatic rings. The van der Waals surface area contributed by atoms with Crippen molar-refractivity contribution in [3.05, 3.63) is 81.1 Å². The molecular formula is C24H20Cl2N2O4S2. The molecule has 0 bridgehead atoms. The first-order valence-corrected chi connectivity index (χ1v) is 13.0. The van der Waals surface area contributed by atoms with Gasteiger partial charge < -0.3 is 10.1 Å². The number of fused-ring (bicyclic) bond motifs is 1. The molecule has 1 aromatic heterocycles. The predicted octanol–water partition coefficient (Wildman–Crippen LogP) is 6.60. The number of ether oxygens (including phenoxy) is 1. The van der Waals surface area contributed by atoms with Crippen molar-refractivity contribution in [1.82, 2.24) is 0 Å². The summed E-state index contributed by atoms with van der Waals surface area (Å²) in [5, 5.41) is 4.38. The van der Waals surface area contributed by atoms with Crippen LogP contribution in [0.3, 0.4) is 0 Å². The van der Waals surface area contributed by atoms with E-state index in [1.165, 1.54) is 48.0 Å². The van der Waals surface area contributed by atoms with Gasteiger partial charge in [-0.2, -0.15) is 0 Å². The van der Waals surface area contributed by atoms with E-state index in [0.717, 1.165) is 15.6 Å². The molecule has 1 amide bonds. The number of amides is 1. The molecule has 0 unspecified atom stereocenters. The third-order valence-electron chi connectivity index (χ3n) is 5.32. The highest BCUT2D eigenvalue weighted by molar-refractivity contribution is 7.92. The van der Waals surface area contributed by atoms with Crippen LogP contribution in [0.15, 0.2) is 65.6 Å². The highest BCUT2D eigenvalue weighted by Crippen LogP contribution is 2.33. The first-order chi connectivity index (χ1) is 16.1. The van der Waals surface area contributed by atoms with Gasteiger partial charge in [-0.3, -0.25) is 9.10 Å². The molecule has 0 aliphatic carbocycles.